The standard InChI is InChI=1S/C21H18ClN5O3/c1-30-18-7-6-13(9-14(18)22)24-19(28)11-26-16-3-2-8-23-20(16)27-17(21(26)29)10-15(25-27)12-4-5-12/h2-3,6-10,12H,4-5,11H2,1H3,(H,24,28). The molecule has 1 saturated carbocycles. The van der Waals surface area contributed by atoms with Crippen LogP contribution in [-0.2, 0) is 11.3 Å². The molecule has 1 aliphatic carbocycles. The van der Waals surface area contributed by atoms with Crippen molar-refractivity contribution in [2.24, 2.45) is 0 Å². The molecule has 0 radical (unpaired) electrons. The van der Waals surface area contributed by atoms with Crippen LogP contribution in [0.1, 0.15) is 24.5 Å². The van der Waals surface area contributed by atoms with Gasteiger partial charge in [-0.2, -0.15) is 5.10 Å². The molecule has 1 aromatic carbocycles. The van der Waals surface area contributed by atoms with Crippen LogP contribution in [0.15, 0.2) is 47.4 Å². The van der Waals surface area contributed by atoms with Crippen LogP contribution in [0.3, 0.4) is 0 Å². The van der Waals surface area contributed by atoms with E-state index in [1.54, 1.807) is 41.0 Å². The minimum absolute atomic E-state index is 0.162. The Morgan fingerprint density at radius 2 is 2.10 bits per heavy atom. The Morgan fingerprint density at radius 1 is 1.27 bits per heavy atom. The number of hydrogen-bond acceptors (Lipinski definition) is 5. The number of rotatable bonds is 5. The number of hydrogen-bond donors (Lipinski definition) is 1. The monoisotopic (exact) mass is 423 g/mol. The molecule has 0 spiro atoms. The zero-order valence-electron chi connectivity index (χ0n) is 16.1. The minimum Gasteiger partial charge on any atom is -0.495 e. The summed E-state index contributed by atoms with van der Waals surface area (Å²) in [6.07, 6.45) is 3.81. The fourth-order valence-corrected chi connectivity index (χ4v) is 3.80. The topological polar surface area (TPSA) is 90.5 Å². The summed E-state index contributed by atoms with van der Waals surface area (Å²) in [4.78, 5) is 30.3. The van der Waals surface area contributed by atoms with Crippen LogP contribution < -0.4 is 15.6 Å². The third-order valence-corrected chi connectivity index (χ3v) is 5.48. The molecule has 9 heteroatoms. The lowest BCUT2D eigenvalue weighted by atomic mass is 10.3. The summed E-state index contributed by atoms with van der Waals surface area (Å²) < 4.78 is 8.14. The van der Waals surface area contributed by atoms with Crippen LogP contribution in [-0.4, -0.2) is 32.2 Å². The van der Waals surface area contributed by atoms with Crippen molar-refractivity contribution in [1.82, 2.24) is 19.2 Å². The normalized spacial score (nSPS) is 13.7. The van der Waals surface area contributed by atoms with Gasteiger partial charge >= 0.3 is 0 Å². The first kappa shape index (κ1) is 18.6. The molecule has 0 saturated heterocycles. The molecule has 0 aliphatic heterocycles. The van der Waals surface area contributed by atoms with Gasteiger partial charge in [0.25, 0.3) is 5.56 Å². The molecule has 1 aliphatic rings. The summed E-state index contributed by atoms with van der Waals surface area (Å²) in [6.45, 7) is -0.162. The van der Waals surface area contributed by atoms with E-state index in [4.69, 9.17) is 16.3 Å². The quantitative estimate of drug-likeness (QED) is 0.532. The second-order valence-corrected chi connectivity index (χ2v) is 7.68. The highest BCUT2D eigenvalue weighted by molar-refractivity contribution is 6.32. The first-order chi connectivity index (χ1) is 14.5. The van der Waals surface area contributed by atoms with E-state index < -0.39 is 0 Å². The molecule has 3 aromatic heterocycles. The van der Waals surface area contributed by atoms with Gasteiger partial charge in [-0.15, -0.1) is 0 Å². The summed E-state index contributed by atoms with van der Waals surface area (Å²) in [5, 5.41) is 7.75. The van der Waals surface area contributed by atoms with Gasteiger partial charge in [0.05, 0.1) is 23.3 Å². The first-order valence-electron chi connectivity index (χ1n) is 9.56. The summed E-state index contributed by atoms with van der Waals surface area (Å²) in [5.74, 6) is 0.565. The van der Waals surface area contributed by atoms with Gasteiger partial charge in [-0.05, 0) is 49.2 Å². The number of carbonyl (C=O) groups excluding carboxylic acids is 1. The maximum Gasteiger partial charge on any atom is 0.277 e. The number of nitrogens with zero attached hydrogens (tertiary/aromatic N) is 4. The van der Waals surface area contributed by atoms with Crippen molar-refractivity contribution in [2.75, 3.05) is 12.4 Å². The number of fused-ring (bicyclic) bond motifs is 3. The number of anilines is 1. The Morgan fingerprint density at radius 3 is 2.83 bits per heavy atom. The molecule has 30 heavy (non-hydrogen) atoms. The summed E-state index contributed by atoms with van der Waals surface area (Å²) >= 11 is 6.13. The number of ether oxygens (including phenoxy) is 1. The summed E-state index contributed by atoms with van der Waals surface area (Å²) in [7, 11) is 1.52. The molecule has 1 amide bonds. The molecule has 8 nitrogen and oxygen atoms in total. The largest absolute Gasteiger partial charge is 0.495 e. The molecular weight excluding hydrogens is 406 g/mol. The van der Waals surface area contributed by atoms with E-state index in [2.05, 4.69) is 15.4 Å². The van der Waals surface area contributed by atoms with Gasteiger partial charge in [-0.3, -0.25) is 14.2 Å². The Kier molecular flexibility index (Phi) is 4.43. The fraction of sp³-hybridized carbons (Fsp3) is 0.238. The molecule has 1 N–H and O–H groups in total. The average molecular weight is 424 g/mol. The van der Waals surface area contributed by atoms with Crippen LogP contribution >= 0.6 is 11.6 Å². The predicted octanol–water partition coefficient (Wildman–Crippen LogP) is 3.22. The molecule has 0 atom stereocenters. The smallest absolute Gasteiger partial charge is 0.277 e. The number of amides is 1. The SMILES string of the molecule is COc1ccc(NC(=O)Cn2c(=O)c3cc(C4CC4)nn3c3ncccc32)cc1Cl. The van der Waals surface area contributed by atoms with Crippen molar-refractivity contribution >= 4 is 39.9 Å². The highest BCUT2D eigenvalue weighted by Crippen LogP contribution is 2.39. The van der Waals surface area contributed by atoms with Crippen LogP contribution in [0.2, 0.25) is 5.02 Å². The Labute approximate surface area is 176 Å². The molecule has 3 heterocycles. The zero-order valence-corrected chi connectivity index (χ0v) is 16.9. The third kappa shape index (κ3) is 3.19. The Hall–Kier alpha value is -3.39. The van der Waals surface area contributed by atoms with Crippen molar-refractivity contribution in [3.05, 3.63) is 63.7 Å². The molecular formula is C21H18ClN5O3. The predicted molar refractivity (Wildman–Crippen MR) is 113 cm³/mol. The van der Waals surface area contributed by atoms with E-state index >= 15 is 0 Å². The van der Waals surface area contributed by atoms with Crippen LogP contribution in [0.4, 0.5) is 5.69 Å². The molecule has 4 aromatic rings. The van der Waals surface area contributed by atoms with E-state index in [9.17, 15) is 9.59 Å². The van der Waals surface area contributed by atoms with E-state index in [0.717, 1.165) is 18.5 Å². The molecule has 1 fully saturated rings. The van der Waals surface area contributed by atoms with Crippen molar-refractivity contribution < 1.29 is 9.53 Å². The number of halogens is 1. The Bertz CT molecular complexity index is 1360. The number of pyridine rings is 1. The van der Waals surface area contributed by atoms with Gasteiger partial charge in [-0.25, -0.2) is 9.50 Å². The fourth-order valence-electron chi connectivity index (χ4n) is 3.55. The van der Waals surface area contributed by atoms with E-state index in [0.29, 0.717) is 39.1 Å². The van der Waals surface area contributed by atoms with Crippen molar-refractivity contribution in [2.45, 2.75) is 25.3 Å². The second kappa shape index (κ2) is 7.14. The number of carbonyl (C=O) groups is 1. The van der Waals surface area contributed by atoms with Gasteiger partial charge < -0.3 is 10.1 Å². The maximum atomic E-state index is 13.2. The second-order valence-electron chi connectivity index (χ2n) is 7.28. The lowest BCUT2D eigenvalue weighted by Gasteiger charge is -2.12. The lowest BCUT2D eigenvalue weighted by Crippen LogP contribution is -2.29. The highest BCUT2D eigenvalue weighted by Gasteiger charge is 2.28. The van der Waals surface area contributed by atoms with Crippen LogP contribution in [0.5, 0.6) is 5.75 Å². The van der Waals surface area contributed by atoms with Crippen molar-refractivity contribution in [1.29, 1.82) is 0 Å². The van der Waals surface area contributed by atoms with Crippen molar-refractivity contribution in [3.8, 4) is 5.75 Å². The number of aromatic nitrogens is 4. The van der Waals surface area contributed by atoms with Gasteiger partial charge in [0, 0.05) is 17.8 Å². The Balaban J connectivity index is 1.53. The van der Waals surface area contributed by atoms with Crippen molar-refractivity contribution in [3.63, 3.8) is 0 Å². The average Bonchev–Trinajstić information content (AvgIpc) is 3.49. The van der Waals surface area contributed by atoms with E-state index in [-0.39, 0.29) is 18.0 Å². The summed E-state index contributed by atoms with van der Waals surface area (Å²) in [6, 6.07) is 10.3. The molecule has 0 unspecified atom stereocenters. The van der Waals surface area contributed by atoms with Gasteiger partial charge in [0.15, 0.2) is 5.65 Å². The lowest BCUT2D eigenvalue weighted by molar-refractivity contribution is -0.116. The highest BCUT2D eigenvalue weighted by atomic mass is 35.5. The maximum absolute atomic E-state index is 13.2. The molecule has 0 bridgehead atoms. The minimum atomic E-state index is -0.352. The van der Waals surface area contributed by atoms with E-state index in [1.165, 1.54) is 11.7 Å². The summed E-state index contributed by atoms with van der Waals surface area (Å²) in [5.41, 5.74) is 2.64. The molecule has 5 rings (SSSR count). The first-order valence-corrected chi connectivity index (χ1v) is 9.93. The van der Waals surface area contributed by atoms with E-state index in [1.807, 2.05) is 6.07 Å². The van der Waals surface area contributed by atoms with Crippen LogP contribution in [0.25, 0.3) is 16.7 Å². The number of nitrogens with one attached hydrogen (secondary N) is 1. The zero-order chi connectivity index (χ0) is 20.8. The number of methoxy groups -OCH3 is 1. The van der Waals surface area contributed by atoms with Gasteiger partial charge in [-0.1, -0.05) is 11.6 Å². The molecule has 152 valence electrons. The van der Waals surface area contributed by atoms with Gasteiger partial charge in [0.2, 0.25) is 5.91 Å². The third-order valence-electron chi connectivity index (χ3n) is 5.18. The van der Waals surface area contributed by atoms with Crippen LogP contribution in [0, 0.1) is 0 Å². The van der Waals surface area contributed by atoms with Gasteiger partial charge in [0.1, 0.15) is 17.8 Å². The number of benzene rings is 1.